The first-order valence-corrected chi connectivity index (χ1v) is 7.37. The van der Waals surface area contributed by atoms with Crippen LogP contribution in [-0.2, 0) is 0 Å². The highest BCUT2D eigenvalue weighted by Gasteiger charge is 2.11. The van der Waals surface area contributed by atoms with E-state index in [1.807, 2.05) is 44.2 Å². The summed E-state index contributed by atoms with van der Waals surface area (Å²) in [7, 11) is 0. The molecule has 0 aliphatic rings. The van der Waals surface area contributed by atoms with Gasteiger partial charge in [0.15, 0.2) is 0 Å². The zero-order valence-electron chi connectivity index (χ0n) is 12.6. The fraction of sp³-hybridized carbons (Fsp3) is 0.333. The van der Waals surface area contributed by atoms with Gasteiger partial charge in [-0.25, -0.2) is 4.39 Å². The lowest BCUT2D eigenvalue weighted by molar-refractivity contribution is 0.287. The molecule has 0 aliphatic carbocycles. The number of aryl methyl sites for hydroxylation is 1. The van der Waals surface area contributed by atoms with Crippen LogP contribution in [-0.4, -0.2) is 13.2 Å². The fourth-order valence-electron chi connectivity index (χ4n) is 2.36. The van der Waals surface area contributed by atoms with Crippen molar-refractivity contribution in [1.29, 1.82) is 0 Å². The van der Waals surface area contributed by atoms with Crippen molar-refractivity contribution < 1.29 is 9.13 Å². The van der Waals surface area contributed by atoms with Crippen LogP contribution in [0, 0.1) is 12.7 Å². The number of halogens is 1. The molecule has 0 saturated heterocycles. The van der Waals surface area contributed by atoms with Crippen LogP contribution >= 0.6 is 0 Å². The monoisotopic (exact) mass is 287 g/mol. The fourth-order valence-corrected chi connectivity index (χ4v) is 2.36. The van der Waals surface area contributed by atoms with Crippen molar-refractivity contribution >= 4 is 0 Å². The summed E-state index contributed by atoms with van der Waals surface area (Å²) in [5, 5.41) is 3.38. The van der Waals surface area contributed by atoms with Crippen molar-refractivity contribution in [2.24, 2.45) is 0 Å². The first kappa shape index (κ1) is 15.5. The third-order valence-corrected chi connectivity index (χ3v) is 3.37. The second kappa shape index (κ2) is 7.79. The van der Waals surface area contributed by atoms with Crippen LogP contribution in [0.15, 0.2) is 48.5 Å². The SMILES string of the molecule is CCNC(CCOc1cccc(C)c1)c1cccc(F)c1. The largest absolute Gasteiger partial charge is 0.494 e. The molecule has 2 aromatic rings. The van der Waals surface area contributed by atoms with Crippen LogP contribution in [0.5, 0.6) is 5.75 Å². The summed E-state index contributed by atoms with van der Waals surface area (Å²) in [6.07, 6.45) is 0.797. The van der Waals surface area contributed by atoms with Crippen LogP contribution in [0.2, 0.25) is 0 Å². The summed E-state index contributed by atoms with van der Waals surface area (Å²) in [5.74, 6) is 0.680. The first-order valence-electron chi connectivity index (χ1n) is 7.37. The number of hydrogen-bond donors (Lipinski definition) is 1. The second-order valence-electron chi connectivity index (χ2n) is 5.12. The Morgan fingerprint density at radius 1 is 1.14 bits per heavy atom. The zero-order valence-corrected chi connectivity index (χ0v) is 12.6. The summed E-state index contributed by atoms with van der Waals surface area (Å²) in [5.41, 5.74) is 2.14. The lowest BCUT2D eigenvalue weighted by Gasteiger charge is -2.19. The van der Waals surface area contributed by atoms with Gasteiger partial charge in [-0.05, 0) is 48.9 Å². The van der Waals surface area contributed by atoms with Gasteiger partial charge in [0, 0.05) is 12.5 Å². The minimum Gasteiger partial charge on any atom is -0.494 e. The quantitative estimate of drug-likeness (QED) is 0.822. The van der Waals surface area contributed by atoms with Crippen molar-refractivity contribution in [2.75, 3.05) is 13.2 Å². The van der Waals surface area contributed by atoms with Gasteiger partial charge in [-0.2, -0.15) is 0 Å². The van der Waals surface area contributed by atoms with Crippen LogP contribution in [0.3, 0.4) is 0 Å². The first-order chi connectivity index (χ1) is 10.2. The maximum Gasteiger partial charge on any atom is 0.123 e. The Balaban J connectivity index is 1.94. The summed E-state index contributed by atoms with van der Waals surface area (Å²) in [6.45, 7) is 5.53. The smallest absolute Gasteiger partial charge is 0.123 e. The van der Waals surface area contributed by atoms with E-state index in [9.17, 15) is 4.39 Å². The van der Waals surface area contributed by atoms with Gasteiger partial charge in [0.25, 0.3) is 0 Å². The molecular formula is C18H22FNO. The standard InChI is InChI=1S/C18H22FNO/c1-3-20-18(15-7-5-8-16(19)13-15)10-11-21-17-9-4-6-14(2)12-17/h4-9,12-13,18,20H,3,10-11H2,1-2H3. The van der Waals surface area contributed by atoms with Crippen molar-refractivity contribution in [3.63, 3.8) is 0 Å². The average molecular weight is 287 g/mol. The normalized spacial score (nSPS) is 12.1. The van der Waals surface area contributed by atoms with Crippen molar-refractivity contribution in [2.45, 2.75) is 26.3 Å². The molecule has 0 fully saturated rings. The Labute approximate surface area is 126 Å². The predicted molar refractivity (Wildman–Crippen MR) is 84.1 cm³/mol. The molecule has 0 bridgehead atoms. The van der Waals surface area contributed by atoms with Gasteiger partial charge >= 0.3 is 0 Å². The molecule has 2 rings (SSSR count). The number of ether oxygens (including phenoxy) is 1. The van der Waals surface area contributed by atoms with E-state index in [1.165, 1.54) is 11.6 Å². The van der Waals surface area contributed by atoms with Crippen LogP contribution < -0.4 is 10.1 Å². The molecule has 3 heteroatoms. The summed E-state index contributed by atoms with van der Waals surface area (Å²) >= 11 is 0. The maximum atomic E-state index is 13.3. The zero-order chi connectivity index (χ0) is 15.1. The van der Waals surface area contributed by atoms with Gasteiger partial charge in [0.1, 0.15) is 11.6 Å². The minimum absolute atomic E-state index is 0.107. The Hall–Kier alpha value is -1.87. The molecule has 21 heavy (non-hydrogen) atoms. The maximum absolute atomic E-state index is 13.3. The number of nitrogens with one attached hydrogen (secondary N) is 1. The molecule has 0 spiro atoms. The van der Waals surface area contributed by atoms with Gasteiger partial charge in [-0.1, -0.05) is 31.2 Å². The molecule has 1 N–H and O–H groups in total. The van der Waals surface area contributed by atoms with Crippen LogP contribution in [0.1, 0.15) is 30.5 Å². The van der Waals surface area contributed by atoms with E-state index in [0.717, 1.165) is 24.3 Å². The highest BCUT2D eigenvalue weighted by Crippen LogP contribution is 2.19. The molecule has 0 aromatic heterocycles. The lowest BCUT2D eigenvalue weighted by Crippen LogP contribution is -2.23. The molecule has 0 saturated carbocycles. The Morgan fingerprint density at radius 2 is 1.95 bits per heavy atom. The van der Waals surface area contributed by atoms with Gasteiger partial charge in [-0.3, -0.25) is 0 Å². The minimum atomic E-state index is -0.199. The summed E-state index contributed by atoms with van der Waals surface area (Å²) in [6, 6.07) is 14.9. The Bertz CT molecular complexity index is 571. The molecule has 1 unspecified atom stereocenters. The molecule has 2 aromatic carbocycles. The van der Waals surface area contributed by atoms with Gasteiger partial charge in [0.05, 0.1) is 6.61 Å². The molecule has 0 aliphatic heterocycles. The van der Waals surface area contributed by atoms with E-state index in [1.54, 1.807) is 12.1 Å². The van der Waals surface area contributed by atoms with Crippen molar-refractivity contribution in [3.05, 3.63) is 65.5 Å². The predicted octanol–water partition coefficient (Wildman–Crippen LogP) is 4.25. The average Bonchev–Trinajstić information content (AvgIpc) is 2.46. The molecule has 112 valence electrons. The van der Waals surface area contributed by atoms with E-state index in [-0.39, 0.29) is 11.9 Å². The van der Waals surface area contributed by atoms with Crippen LogP contribution in [0.4, 0.5) is 4.39 Å². The van der Waals surface area contributed by atoms with Crippen molar-refractivity contribution in [3.8, 4) is 5.75 Å². The lowest BCUT2D eigenvalue weighted by atomic mass is 10.0. The topological polar surface area (TPSA) is 21.3 Å². The Kier molecular flexibility index (Phi) is 5.76. The van der Waals surface area contributed by atoms with E-state index >= 15 is 0 Å². The molecule has 0 heterocycles. The van der Waals surface area contributed by atoms with Gasteiger partial charge in [0.2, 0.25) is 0 Å². The van der Waals surface area contributed by atoms with E-state index in [4.69, 9.17) is 4.74 Å². The highest BCUT2D eigenvalue weighted by atomic mass is 19.1. The summed E-state index contributed by atoms with van der Waals surface area (Å²) < 4.78 is 19.1. The van der Waals surface area contributed by atoms with E-state index in [2.05, 4.69) is 5.32 Å². The van der Waals surface area contributed by atoms with E-state index < -0.39 is 0 Å². The molecule has 2 nitrogen and oxygen atoms in total. The second-order valence-corrected chi connectivity index (χ2v) is 5.12. The van der Waals surface area contributed by atoms with Gasteiger partial charge in [-0.15, -0.1) is 0 Å². The number of hydrogen-bond acceptors (Lipinski definition) is 2. The van der Waals surface area contributed by atoms with Crippen LogP contribution in [0.25, 0.3) is 0 Å². The summed E-state index contributed by atoms with van der Waals surface area (Å²) in [4.78, 5) is 0. The van der Waals surface area contributed by atoms with Gasteiger partial charge < -0.3 is 10.1 Å². The molecule has 0 amide bonds. The third-order valence-electron chi connectivity index (χ3n) is 3.37. The van der Waals surface area contributed by atoms with Crippen molar-refractivity contribution in [1.82, 2.24) is 5.32 Å². The number of rotatable bonds is 7. The third kappa shape index (κ3) is 4.87. The molecule has 0 radical (unpaired) electrons. The number of benzene rings is 2. The Morgan fingerprint density at radius 3 is 2.67 bits per heavy atom. The molecular weight excluding hydrogens is 265 g/mol. The molecule has 1 atom stereocenters. The van der Waals surface area contributed by atoms with E-state index in [0.29, 0.717) is 6.61 Å². The highest BCUT2D eigenvalue weighted by molar-refractivity contribution is 5.27.